The molecule has 5 rings (SSSR count). The third kappa shape index (κ3) is 5.37. The predicted octanol–water partition coefficient (Wildman–Crippen LogP) is 4.55. The third-order valence-corrected chi connectivity index (χ3v) is 7.30. The van der Waals surface area contributed by atoms with Crippen molar-refractivity contribution < 1.29 is 13.5 Å². The molecule has 0 unspecified atom stereocenters. The minimum atomic E-state index is -0.516. The van der Waals surface area contributed by atoms with Crippen LogP contribution in [0.1, 0.15) is 38.2 Å². The molecule has 0 radical (unpaired) electrons. The largest absolute Gasteiger partial charge is 0.486 e. The number of ether oxygens (including phenoxy) is 1. The SMILES string of the molecule is CC(C)N1CCOc2c(F)cc(-c3nc(Cc4ncc(N5CCC(N(C)C)CC5)cn4)ccc3F)cc21. The van der Waals surface area contributed by atoms with Gasteiger partial charge in [0.05, 0.1) is 36.7 Å². The molecule has 37 heavy (non-hydrogen) atoms. The number of pyridine rings is 1. The molecule has 7 nitrogen and oxygen atoms in total. The van der Waals surface area contributed by atoms with Gasteiger partial charge in [-0.2, -0.15) is 0 Å². The molecule has 2 aliphatic heterocycles. The van der Waals surface area contributed by atoms with Crippen molar-refractivity contribution in [1.82, 2.24) is 19.9 Å². The fraction of sp³-hybridized carbons (Fsp3) is 0.464. The fourth-order valence-corrected chi connectivity index (χ4v) is 5.16. The number of rotatable bonds is 6. The number of aromatic nitrogens is 3. The summed E-state index contributed by atoms with van der Waals surface area (Å²) in [6.45, 7) is 7.09. The zero-order valence-corrected chi connectivity index (χ0v) is 21.9. The van der Waals surface area contributed by atoms with Crippen LogP contribution in [0.25, 0.3) is 11.3 Å². The highest BCUT2D eigenvalue weighted by Gasteiger charge is 2.26. The number of hydrogen-bond acceptors (Lipinski definition) is 7. The van der Waals surface area contributed by atoms with Crippen molar-refractivity contribution in [1.29, 1.82) is 0 Å². The molecule has 196 valence electrons. The van der Waals surface area contributed by atoms with Crippen LogP contribution < -0.4 is 14.5 Å². The Balaban J connectivity index is 1.35. The minimum absolute atomic E-state index is 0.105. The van der Waals surface area contributed by atoms with Gasteiger partial charge in [0.2, 0.25) is 0 Å². The molecule has 0 atom stereocenters. The van der Waals surface area contributed by atoms with E-state index in [2.05, 4.69) is 43.7 Å². The van der Waals surface area contributed by atoms with Gasteiger partial charge >= 0.3 is 0 Å². The van der Waals surface area contributed by atoms with E-state index in [-0.39, 0.29) is 17.5 Å². The molecule has 1 fully saturated rings. The van der Waals surface area contributed by atoms with Crippen LogP contribution in [0.5, 0.6) is 5.75 Å². The van der Waals surface area contributed by atoms with Gasteiger partial charge in [-0.1, -0.05) is 0 Å². The lowest BCUT2D eigenvalue weighted by molar-refractivity contribution is 0.249. The predicted molar refractivity (Wildman–Crippen MR) is 141 cm³/mol. The summed E-state index contributed by atoms with van der Waals surface area (Å²) >= 11 is 0. The van der Waals surface area contributed by atoms with E-state index in [0.717, 1.165) is 31.6 Å². The molecule has 1 saturated heterocycles. The number of piperidine rings is 1. The highest BCUT2D eigenvalue weighted by Crippen LogP contribution is 2.39. The Morgan fingerprint density at radius 3 is 2.43 bits per heavy atom. The van der Waals surface area contributed by atoms with E-state index in [1.54, 1.807) is 12.1 Å². The van der Waals surface area contributed by atoms with Gasteiger partial charge in [0, 0.05) is 36.4 Å². The van der Waals surface area contributed by atoms with Gasteiger partial charge in [0.15, 0.2) is 11.6 Å². The van der Waals surface area contributed by atoms with Crippen molar-refractivity contribution in [2.75, 3.05) is 50.1 Å². The van der Waals surface area contributed by atoms with Gasteiger partial charge < -0.3 is 19.4 Å². The van der Waals surface area contributed by atoms with Crippen molar-refractivity contribution in [2.24, 2.45) is 0 Å². The molecule has 9 heteroatoms. The first kappa shape index (κ1) is 25.3. The van der Waals surface area contributed by atoms with Gasteiger partial charge in [-0.25, -0.2) is 23.7 Å². The van der Waals surface area contributed by atoms with E-state index in [0.29, 0.717) is 48.4 Å². The molecular formula is C28H34F2N6O. The lowest BCUT2D eigenvalue weighted by Gasteiger charge is -2.36. The second kappa shape index (κ2) is 10.6. The summed E-state index contributed by atoms with van der Waals surface area (Å²) in [7, 11) is 4.26. The summed E-state index contributed by atoms with van der Waals surface area (Å²) in [4.78, 5) is 20.3. The highest BCUT2D eigenvalue weighted by atomic mass is 19.1. The number of halogens is 2. The standard InChI is InChI=1S/C28H34F2N6O/c1-18(2)36-11-12-37-28-24(30)13-19(14-25(28)36)27-23(29)6-5-20(33-27)15-26-31-16-22(17-32-26)35-9-7-21(8-10-35)34(3)4/h5-6,13-14,16-18,21H,7-12,15H2,1-4H3. The number of fused-ring (bicyclic) bond motifs is 1. The molecule has 0 saturated carbocycles. The average Bonchev–Trinajstić information content (AvgIpc) is 2.90. The zero-order chi connectivity index (χ0) is 26.1. The van der Waals surface area contributed by atoms with Gasteiger partial charge in [0.1, 0.15) is 23.9 Å². The Labute approximate surface area is 217 Å². The zero-order valence-electron chi connectivity index (χ0n) is 21.9. The van der Waals surface area contributed by atoms with Crippen LogP contribution in [0, 0.1) is 11.6 Å². The minimum Gasteiger partial charge on any atom is -0.486 e. The quantitative estimate of drug-likeness (QED) is 0.484. The molecule has 3 aromatic rings. The van der Waals surface area contributed by atoms with E-state index >= 15 is 0 Å². The normalized spacial score (nSPS) is 16.3. The van der Waals surface area contributed by atoms with Crippen molar-refractivity contribution in [3.63, 3.8) is 0 Å². The van der Waals surface area contributed by atoms with Gasteiger partial charge in [0.25, 0.3) is 0 Å². The smallest absolute Gasteiger partial charge is 0.178 e. The molecule has 0 spiro atoms. The van der Waals surface area contributed by atoms with E-state index in [4.69, 9.17) is 4.74 Å². The molecule has 4 heterocycles. The summed E-state index contributed by atoms with van der Waals surface area (Å²) in [5.41, 5.74) is 2.73. The summed E-state index contributed by atoms with van der Waals surface area (Å²) in [5, 5.41) is 0. The summed E-state index contributed by atoms with van der Waals surface area (Å²) < 4.78 is 35.4. The van der Waals surface area contributed by atoms with Crippen LogP contribution in [0.2, 0.25) is 0 Å². The second-order valence-electron chi connectivity index (χ2n) is 10.3. The first-order valence-corrected chi connectivity index (χ1v) is 12.9. The van der Waals surface area contributed by atoms with Crippen molar-refractivity contribution >= 4 is 11.4 Å². The maximum absolute atomic E-state index is 15.0. The van der Waals surface area contributed by atoms with E-state index in [1.165, 1.54) is 12.1 Å². The fourth-order valence-electron chi connectivity index (χ4n) is 5.16. The number of benzene rings is 1. The van der Waals surface area contributed by atoms with E-state index in [1.807, 2.05) is 26.2 Å². The number of hydrogen-bond donors (Lipinski definition) is 0. The van der Waals surface area contributed by atoms with Crippen molar-refractivity contribution in [3.05, 3.63) is 59.8 Å². The summed E-state index contributed by atoms with van der Waals surface area (Å²) in [6, 6.07) is 6.82. The average molecular weight is 509 g/mol. The number of nitrogens with zero attached hydrogens (tertiary/aromatic N) is 6. The maximum Gasteiger partial charge on any atom is 0.178 e. The summed E-state index contributed by atoms with van der Waals surface area (Å²) in [5.74, 6) is -0.209. The monoisotopic (exact) mass is 508 g/mol. The second-order valence-corrected chi connectivity index (χ2v) is 10.3. The van der Waals surface area contributed by atoms with Gasteiger partial charge in [-0.15, -0.1) is 0 Å². The lowest BCUT2D eigenvalue weighted by atomic mass is 10.0. The maximum atomic E-state index is 15.0. The van der Waals surface area contributed by atoms with Crippen LogP contribution in [0.4, 0.5) is 20.2 Å². The molecule has 2 aliphatic rings. The van der Waals surface area contributed by atoms with Crippen LogP contribution in [-0.2, 0) is 6.42 Å². The Kier molecular flexibility index (Phi) is 7.24. The lowest BCUT2D eigenvalue weighted by Crippen LogP contribution is -2.42. The Bertz CT molecular complexity index is 1240. The number of anilines is 2. The van der Waals surface area contributed by atoms with Crippen LogP contribution >= 0.6 is 0 Å². The molecule has 0 amide bonds. The van der Waals surface area contributed by atoms with Gasteiger partial charge in [-0.05, 0) is 65.0 Å². The molecule has 0 N–H and O–H groups in total. The van der Waals surface area contributed by atoms with Crippen LogP contribution in [0.15, 0.2) is 36.7 Å². The Morgan fingerprint density at radius 1 is 1.03 bits per heavy atom. The molecule has 0 aliphatic carbocycles. The van der Waals surface area contributed by atoms with E-state index < -0.39 is 11.6 Å². The Hall–Kier alpha value is -3.33. The highest BCUT2D eigenvalue weighted by molar-refractivity contribution is 5.72. The first-order valence-electron chi connectivity index (χ1n) is 12.9. The van der Waals surface area contributed by atoms with E-state index in [9.17, 15) is 8.78 Å². The molecule has 0 bridgehead atoms. The molecular weight excluding hydrogens is 474 g/mol. The topological polar surface area (TPSA) is 57.6 Å². The molecule has 2 aromatic heterocycles. The van der Waals surface area contributed by atoms with Gasteiger partial charge in [-0.3, -0.25) is 0 Å². The first-order chi connectivity index (χ1) is 17.8. The summed E-state index contributed by atoms with van der Waals surface area (Å²) in [6.07, 6.45) is 6.28. The Morgan fingerprint density at radius 2 is 1.76 bits per heavy atom. The van der Waals surface area contributed by atoms with Crippen LogP contribution in [-0.4, -0.2) is 72.3 Å². The van der Waals surface area contributed by atoms with Crippen molar-refractivity contribution in [3.8, 4) is 17.0 Å². The molecule has 1 aromatic carbocycles. The van der Waals surface area contributed by atoms with Crippen molar-refractivity contribution in [2.45, 2.75) is 45.2 Å². The van der Waals surface area contributed by atoms with Crippen LogP contribution in [0.3, 0.4) is 0 Å². The third-order valence-electron chi connectivity index (χ3n) is 7.30.